The minimum atomic E-state index is -0.111. The van der Waals surface area contributed by atoms with Crippen molar-refractivity contribution in [2.24, 2.45) is 0 Å². The van der Waals surface area contributed by atoms with E-state index in [1.165, 1.54) is 6.20 Å². The third-order valence-electron chi connectivity index (χ3n) is 2.10. The summed E-state index contributed by atoms with van der Waals surface area (Å²) in [5.41, 5.74) is 1.46. The Labute approximate surface area is 103 Å². The van der Waals surface area contributed by atoms with E-state index < -0.39 is 0 Å². The first-order valence-corrected chi connectivity index (χ1v) is 5.89. The van der Waals surface area contributed by atoms with Gasteiger partial charge in [-0.05, 0) is 34.5 Å². The first-order chi connectivity index (χ1) is 8.28. The largest absolute Gasteiger partial charge is 0.310 e. The molecule has 2 aromatic heterocycles. The second kappa shape index (κ2) is 5.23. The first-order valence-electron chi connectivity index (χ1n) is 4.95. The summed E-state index contributed by atoms with van der Waals surface area (Å²) in [6, 6.07) is 7.12. The van der Waals surface area contributed by atoms with Gasteiger partial charge in [0.05, 0.1) is 12.0 Å². The molecule has 2 aromatic rings. The van der Waals surface area contributed by atoms with Crippen molar-refractivity contribution in [3.05, 3.63) is 46.3 Å². The molecule has 0 aliphatic carbocycles. The van der Waals surface area contributed by atoms with Crippen molar-refractivity contribution in [1.82, 2.24) is 4.98 Å². The molecule has 0 aliphatic heterocycles. The average molecular weight is 243 g/mol. The monoisotopic (exact) mass is 243 g/mol. The summed E-state index contributed by atoms with van der Waals surface area (Å²) in [6.45, 7) is 0. The van der Waals surface area contributed by atoms with Gasteiger partial charge in [-0.15, -0.1) is 0 Å². The molecule has 1 N–H and O–H groups in total. The number of amides is 1. The highest BCUT2D eigenvalue weighted by atomic mass is 32.1. The van der Waals surface area contributed by atoms with Gasteiger partial charge in [0.15, 0.2) is 0 Å². The lowest BCUT2D eigenvalue weighted by Crippen LogP contribution is -2.14. The van der Waals surface area contributed by atoms with Crippen LogP contribution < -0.4 is 5.32 Å². The van der Waals surface area contributed by atoms with E-state index in [2.05, 4.69) is 10.3 Å². The zero-order valence-corrected chi connectivity index (χ0v) is 9.70. The molecule has 0 bridgehead atoms. The van der Waals surface area contributed by atoms with Crippen LogP contribution in [0.25, 0.3) is 0 Å². The zero-order chi connectivity index (χ0) is 12.1. The van der Waals surface area contributed by atoms with Crippen LogP contribution in [0.5, 0.6) is 0 Å². The molecule has 17 heavy (non-hydrogen) atoms. The van der Waals surface area contributed by atoms with E-state index in [1.54, 1.807) is 23.5 Å². The minimum absolute atomic E-state index is 0.111. The Hall–Kier alpha value is -2.19. The summed E-state index contributed by atoms with van der Waals surface area (Å²) >= 11 is 1.56. The molecular formula is C12H9N3OS. The van der Waals surface area contributed by atoms with Gasteiger partial charge in [-0.1, -0.05) is 0 Å². The molecule has 0 atom stereocenters. The fraction of sp³-hybridized carbons (Fsp3) is 0.0833. The Kier molecular flexibility index (Phi) is 3.48. The Morgan fingerprint density at radius 1 is 1.47 bits per heavy atom. The number of anilines is 1. The topological polar surface area (TPSA) is 65.8 Å². The van der Waals surface area contributed by atoms with Crippen LogP contribution in [0, 0.1) is 11.3 Å². The van der Waals surface area contributed by atoms with E-state index in [-0.39, 0.29) is 5.91 Å². The molecule has 84 valence electrons. The number of nitrogens with zero attached hydrogens (tertiary/aromatic N) is 2. The lowest BCUT2D eigenvalue weighted by Gasteiger charge is -2.02. The number of nitrogens with one attached hydrogen (secondary N) is 1. The number of carbonyl (C=O) groups excluding carboxylic acids is 1. The van der Waals surface area contributed by atoms with Gasteiger partial charge in [0, 0.05) is 6.20 Å². The highest BCUT2D eigenvalue weighted by Gasteiger charge is 2.05. The lowest BCUT2D eigenvalue weighted by atomic mass is 10.2. The summed E-state index contributed by atoms with van der Waals surface area (Å²) in [7, 11) is 0. The molecular weight excluding hydrogens is 234 g/mol. The molecule has 0 aliphatic rings. The van der Waals surface area contributed by atoms with Crippen molar-refractivity contribution in [3.8, 4) is 6.07 Å². The standard InChI is InChI=1S/C12H9N3OS/c13-6-10-1-2-11(14-7-10)15-12(16)5-9-3-4-17-8-9/h1-4,7-8H,5H2,(H,14,15,16). The number of aromatic nitrogens is 1. The van der Waals surface area contributed by atoms with E-state index in [1.807, 2.05) is 22.9 Å². The fourth-order valence-corrected chi connectivity index (χ4v) is 1.97. The van der Waals surface area contributed by atoms with Gasteiger partial charge in [-0.25, -0.2) is 4.98 Å². The van der Waals surface area contributed by atoms with Crippen molar-refractivity contribution < 1.29 is 4.79 Å². The van der Waals surface area contributed by atoms with Crippen LogP contribution in [0.1, 0.15) is 11.1 Å². The number of thiophene rings is 1. The van der Waals surface area contributed by atoms with Crippen molar-refractivity contribution in [3.63, 3.8) is 0 Å². The molecule has 2 rings (SSSR count). The summed E-state index contributed by atoms with van der Waals surface area (Å²) in [5.74, 6) is 0.352. The van der Waals surface area contributed by atoms with Gasteiger partial charge in [-0.3, -0.25) is 4.79 Å². The van der Waals surface area contributed by atoms with Crippen LogP contribution in [0.15, 0.2) is 35.2 Å². The molecule has 0 radical (unpaired) electrons. The minimum Gasteiger partial charge on any atom is -0.310 e. The SMILES string of the molecule is N#Cc1ccc(NC(=O)Cc2ccsc2)nc1. The van der Waals surface area contributed by atoms with Crippen LogP contribution in [0.2, 0.25) is 0 Å². The van der Waals surface area contributed by atoms with Crippen LogP contribution in [-0.2, 0) is 11.2 Å². The van der Waals surface area contributed by atoms with E-state index in [4.69, 9.17) is 5.26 Å². The van der Waals surface area contributed by atoms with Gasteiger partial charge < -0.3 is 5.32 Å². The van der Waals surface area contributed by atoms with Crippen molar-refractivity contribution in [1.29, 1.82) is 5.26 Å². The van der Waals surface area contributed by atoms with Gasteiger partial charge in [-0.2, -0.15) is 16.6 Å². The van der Waals surface area contributed by atoms with Crippen molar-refractivity contribution >= 4 is 23.1 Å². The Morgan fingerprint density at radius 2 is 2.35 bits per heavy atom. The second-order valence-corrected chi connectivity index (χ2v) is 4.18. The molecule has 0 aromatic carbocycles. The quantitative estimate of drug-likeness (QED) is 0.898. The molecule has 0 fully saturated rings. The van der Waals surface area contributed by atoms with Gasteiger partial charge in [0.2, 0.25) is 5.91 Å². The maximum Gasteiger partial charge on any atom is 0.229 e. The summed E-state index contributed by atoms with van der Waals surface area (Å²) in [5, 5.41) is 15.2. The van der Waals surface area contributed by atoms with E-state index in [0.717, 1.165) is 5.56 Å². The predicted molar refractivity (Wildman–Crippen MR) is 65.6 cm³/mol. The number of carbonyl (C=O) groups is 1. The van der Waals surface area contributed by atoms with E-state index >= 15 is 0 Å². The molecule has 2 heterocycles. The van der Waals surface area contributed by atoms with E-state index in [9.17, 15) is 4.79 Å². The maximum absolute atomic E-state index is 11.6. The third-order valence-corrected chi connectivity index (χ3v) is 2.84. The van der Waals surface area contributed by atoms with Crippen molar-refractivity contribution in [2.45, 2.75) is 6.42 Å². The summed E-state index contributed by atoms with van der Waals surface area (Å²) < 4.78 is 0. The molecule has 0 saturated heterocycles. The smallest absolute Gasteiger partial charge is 0.229 e. The van der Waals surface area contributed by atoms with Crippen LogP contribution in [-0.4, -0.2) is 10.9 Å². The van der Waals surface area contributed by atoms with Gasteiger partial charge >= 0.3 is 0 Å². The molecule has 4 nitrogen and oxygen atoms in total. The van der Waals surface area contributed by atoms with E-state index in [0.29, 0.717) is 17.8 Å². The molecule has 0 saturated carbocycles. The number of rotatable bonds is 3. The molecule has 0 spiro atoms. The number of hydrogen-bond acceptors (Lipinski definition) is 4. The number of pyridine rings is 1. The molecule has 1 amide bonds. The summed E-state index contributed by atoms with van der Waals surface area (Å²) in [6.07, 6.45) is 1.77. The Morgan fingerprint density at radius 3 is 2.94 bits per heavy atom. The average Bonchev–Trinajstić information content (AvgIpc) is 2.82. The van der Waals surface area contributed by atoms with Gasteiger partial charge in [0.25, 0.3) is 0 Å². The highest BCUT2D eigenvalue weighted by Crippen LogP contribution is 2.09. The normalized spacial score (nSPS) is 9.59. The lowest BCUT2D eigenvalue weighted by molar-refractivity contribution is -0.115. The summed E-state index contributed by atoms with van der Waals surface area (Å²) in [4.78, 5) is 15.6. The zero-order valence-electron chi connectivity index (χ0n) is 8.88. The molecule has 0 unspecified atom stereocenters. The Bertz CT molecular complexity index is 540. The maximum atomic E-state index is 11.6. The van der Waals surface area contributed by atoms with Crippen LogP contribution in [0.3, 0.4) is 0 Å². The fourth-order valence-electron chi connectivity index (χ4n) is 1.30. The second-order valence-electron chi connectivity index (χ2n) is 3.40. The third kappa shape index (κ3) is 3.13. The van der Waals surface area contributed by atoms with Crippen LogP contribution >= 0.6 is 11.3 Å². The first kappa shape index (κ1) is 11.3. The van der Waals surface area contributed by atoms with Gasteiger partial charge in [0.1, 0.15) is 11.9 Å². The molecule has 5 heteroatoms. The van der Waals surface area contributed by atoms with Crippen molar-refractivity contribution in [2.75, 3.05) is 5.32 Å². The van der Waals surface area contributed by atoms with Crippen LogP contribution in [0.4, 0.5) is 5.82 Å². The Balaban J connectivity index is 1.96. The number of nitriles is 1. The number of hydrogen-bond donors (Lipinski definition) is 1. The highest BCUT2D eigenvalue weighted by molar-refractivity contribution is 7.08. The predicted octanol–water partition coefficient (Wildman–Crippen LogP) is 2.20.